The van der Waals surface area contributed by atoms with Gasteiger partial charge < -0.3 is 18.9 Å². The molecular weight excluding hydrogens is 318 g/mol. The molecule has 0 atom stereocenters. The number of hydrogen-bond acceptors (Lipinski definition) is 5. The Hall–Kier alpha value is -1.01. The molecule has 0 spiro atoms. The molecule has 1 aromatic rings. The average molecular weight is 346 g/mol. The molecule has 1 saturated heterocycles. The van der Waals surface area contributed by atoms with E-state index in [1.165, 1.54) is 0 Å². The summed E-state index contributed by atoms with van der Waals surface area (Å²) in [5.74, 6) is 1.59. The van der Waals surface area contributed by atoms with Crippen molar-refractivity contribution >= 4 is 12.4 Å². The summed E-state index contributed by atoms with van der Waals surface area (Å²) in [4.78, 5) is 2.36. The minimum absolute atomic E-state index is 0. The topological polar surface area (TPSA) is 40.2 Å². The van der Waals surface area contributed by atoms with Gasteiger partial charge in [-0.2, -0.15) is 0 Å². The van der Waals surface area contributed by atoms with Crippen LogP contribution in [0.2, 0.25) is 0 Å². The predicted molar refractivity (Wildman–Crippen MR) is 93.0 cm³/mol. The lowest BCUT2D eigenvalue weighted by Crippen LogP contribution is -2.38. The van der Waals surface area contributed by atoms with Crippen molar-refractivity contribution in [3.63, 3.8) is 0 Å². The Balaban J connectivity index is 0.00000264. The molecule has 6 heteroatoms. The van der Waals surface area contributed by atoms with E-state index in [9.17, 15) is 0 Å². The summed E-state index contributed by atoms with van der Waals surface area (Å²) in [5.41, 5.74) is 0. The number of nitrogens with zero attached hydrogens (tertiary/aromatic N) is 1. The minimum atomic E-state index is 0. The molecular formula is C17H28ClNO4. The van der Waals surface area contributed by atoms with Gasteiger partial charge in [0.25, 0.3) is 0 Å². The van der Waals surface area contributed by atoms with Gasteiger partial charge in [0.2, 0.25) is 0 Å². The number of morpholine rings is 1. The van der Waals surface area contributed by atoms with E-state index in [4.69, 9.17) is 18.9 Å². The van der Waals surface area contributed by atoms with E-state index in [0.717, 1.165) is 57.4 Å². The van der Waals surface area contributed by atoms with E-state index in [2.05, 4.69) is 11.8 Å². The first kappa shape index (κ1) is 20.0. The lowest BCUT2D eigenvalue weighted by Gasteiger charge is -2.26. The van der Waals surface area contributed by atoms with Crippen molar-refractivity contribution in [2.75, 3.05) is 59.3 Å². The Morgan fingerprint density at radius 3 is 2.26 bits per heavy atom. The fraction of sp³-hybridized carbons (Fsp3) is 0.647. The molecule has 0 saturated carbocycles. The van der Waals surface area contributed by atoms with Crippen LogP contribution in [0.4, 0.5) is 0 Å². The Morgan fingerprint density at radius 1 is 0.957 bits per heavy atom. The lowest BCUT2D eigenvalue weighted by atomic mass is 10.3. The molecule has 5 nitrogen and oxygen atoms in total. The first-order valence-corrected chi connectivity index (χ1v) is 8.12. The van der Waals surface area contributed by atoms with Crippen LogP contribution in [0.15, 0.2) is 24.3 Å². The van der Waals surface area contributed by atoms with Gasteiger partial charge >= 0.3 is 0 Å². The summed E-state index contributed by atoms with van der Waals surface area (Å²) in [6.45, 7) is 9.28. The van der Waals surface area contributed by atoms with E-state index in [0.29, 0.717) is 19.8 Å². The largest absolute Gasteiger partial charge is 0.490 e. The summed E-state index contributed by atoms with van der Waals surface area (Å²) < 4.78 is 22.4. The van der Waals surface area contributed by atoms with Crippen molar-refractivity contribution in [1.29, 1.82) is 0 Å². The maximum absolute atomic E-state index is 5.74. The van der Waals surface area contributed by atoms with E-state index < -0.39 is 0 Å². The van der Waals surface area contributed by atoms with Crippen molar-refractivity contribution < 1.29 is 18.9 Å². The second-order valence-corrected chi connectivity index (χ2v) is 5.21. The number of rotatable bonds is 10. The normalized spacial score (nSPS) is 15.0. The van der Waals surface area contributed by atoms with Crippen LogP contribution in [0.3, 0.4) is 0 Å². The number of para-hydroxylation sites is 2. The second kappa shape index (κ2) is 12.4. The number of benzene rings is 1. The predicted octanol–water partition coefficient (Wildman–Crippen LogP) is 2.62. The monoisotopic (exact) mass is 345 g/mol. The van der Waals surface area contributed by atoms with Crippen molar-refractivity contribution in [3.05, 3.63) is 24.3 Å². The summed E-state index contributed by atoms with van der Waals surface area (Å²) in [6, 6.07) is 7.77. The molecule has 0 N–H and O–H groups in total. The van der Waals surface area contributed by atoms with Crippen LogP contribution >= 0.6 is 12.4 Å². The average Bonchev–Trinajstić information content (AvgIpc) is 2.58. The van der Waals surface area contributed by atoms with E-state index in [1.807, 2.05) is 24.3 Å². The van der Waals surface area contributed by atoms with Crippen LogP contribution < -0.4 is 9.47 Å². The standard InChI is InChI=1S/C17H27NO4.ClH/c1-2-10-21-16-5-3-4-6-17(16)22-15-14-20-13-9-18-7-11-19-12-8-18;/h3-6H,2,7-15H2,1H3;1H. The third-order valence-electron chi connectivity index (χ3n) is 3.45. The fourth-order valence-corrected chi connectivity index (χ4v) is 2.23. The summed E-state index contributed by atoms with van der Waals surface area (Å²) in [7, 11) is 0. The summed E-state index contributed by atoms with van der Waals surface area (Å²) >= 11 is 0. The van der Waals surface area contributed by atoms with Gasteiger partial charge in [-0.3, -0.25) is 4.90 Å². The van der Waals surface area contributed by atoms with Crippen LogP contribution in [0.25, 0.3) is 0 Å². The smallest absolute Gasteiger partial charge is 0.161 e. The molecule has 1 aliphatic heterocycles. The molecule has 0 aromatic heterocycles. The Morgan fingerprint density at radius 2 is 1.61 bits per heavy atom. The van der Waals surface area contributed by atoms with Crippen molar-refractivity contribution in [3.8, 4) is 11.5 Å². The zero-order chi connectivity index (χ0) is 15.5. The highest BCUT2D eigenvalue weighted by Gasteiger charge is 2.09. The van der Waals surface area contributed by atoms with Crippen molar-refractivity contribution in [2.24, 2.45) is 0 Å². The Labute approximate surface area is 145 Å². The molecule has 1 aliphatic rings. The summed E-state index contributed by atoms with van der Waals surface area (Å²) in [5, 5.41) is 0. The van der Waals surface area contributed by atoms with Gasteiger partial charge in [0.1, 0.15) is 6.61 Å². The van der Waals surface area contributed by atoms with Gasteiger partial charge in [-0.15, -0.1) is 12.4 Å². The first-order valence-electron chi connectivity index (χ1n) is 8.12. The van der Waals surface area contributed by atoms with Crippen molar-refractivity contribution in [1.82, 2.24) is 4.90 Å². The van der Waals surface area contributed by atoms with Crippen LogP contribution in [0.1, 0.15) is 13.3 Å². The molecule has 1 fully saturated rings. The quantitative estimate of drug-likeness (QED) is 0.610. The zero-order valence-electron chi connectivity index (χ0n) is 13.9. The third kappa shape index (κ3) is 7.88. The lowest BCUT2D eigenvalue weighted by molar-refractivity contribution is 0.0169. The molecule has 0 bridgehead atoms. The van der Waals surface area contributed by atoms with Gasteiger partial charge in [0, 0.05) is 19.6 Å². The van der Waals surface area contributed by atoms with E-state index in [-0.39, 0.29) is 12.4 Å². The second-order valence-electron chi connectivity index (χ2n) is 5.21. The SMILES string of the molecule is CCCOc1ccccc1OCCOCCN1CCOCC1.Cl. The highest BCUT2D eigenvalue weighted by Crippen LogP contribution is 2.26. The molecule has 0 unspecified atom stereocenters. The molecule has 0 aliphatic carbocycles. The molecule has 132 valence electrons. The van der Waals surface area contributed by atoms with Gasteiger partial charge in [-0.1, -0.05) is 19.1 Å². The molecule has 23 heavy (non-hydrogen) atoms. The first-order chi connectivity index (χ1) is 10.9. The molecule has 1 aromatic carbocycles. The maximum Gasteiger partial charge on any atom is 0.161 e. The zero-order valence-corrected chi connectivity index (χ0v) is 14.7. The van der Waals surface area contributed by atoms with Crippen LogP contribution in [0, 0.1) is 0 Å². The van der Waals surface area contributed by atoms with Crippen molar-refractivity contribution in [2.45, 2.75) is 13.3 Å². The maximum atomic E-state index is 5.74. The van der Waals surface area contributed by atoms with Crippen LogP contribution in [-0.2, 0) is 9.47 Å². The Bertz CT molecular complexity index is 413. The van der Waals surface area contributed by atoms with E-state index >= 15 is 0 Å². The third-order valence-corrected chi connectivity index (χ3v) is 3.45. The van der Waals surface area contributed by atoms with Crippen LogP contribution in [0.5, 0.6) is 11.5 Å². The molecule has 1 heterocycles. The Kier molecular flexibility index (Phi) is 10.8. The highest BCUT2D eigenvalue weighted by molar-refractivity contribution is 5.85. The van der Waals surface area contributed by atoms with E-state index in [1.54, 1.807) is 0 Å². The minimum Gasteiger partial charge on any atom is -0.490 e. The highest BCUT2D eigenvalue weighted by atomic mass is 35.5. The van der Waals surface area contributed by atoms with Crippen LogP contribution in [-0.4, -0.2) is 64.2 Å². The fourth-order valence-electron chi connectivity index (χ4n) is 2.23. The molecule has 0 radical (unpaired) electrons. The number of hydrogen-bond donors (Lipinski definition) is 0. The van der Waals surface area contributed by atoms with Gasteiger partial charge in [0.05, 0.1) is 33.0 Å². The molecule has 0 amide bonds. The number of ether oxygens (including phenoxy) is 4. The van der Waals surface area contributed by atoms with Gasteiger partial charge in [-0.25, -0.2) is 0 Å². The van der Waals surface area contributed by atoms with Gasteiger partial charge in [0.15, 0.2) is 11.5 Å². The van der Waals surface area contributed by atoms with Gasteiger partial charge in [-0.05, 0) is 18.6 Å². The molecule has 2 rings (SSSR count). The number of halogens is 1. The summed E-state index contributed by atoms with van der Waals surface area (Å²) in [6.07, 6.45) is 0.985.